The van der Waals surface area contributed by atoms with Crippen molar-refractivity contribution < 1.29 is 4.79 Å². The highest BCUT2D eigenvalue weighted by Gasteiger charge is 1.92. The molecule has 0 aromatic heterocycles. The minimum atomic E-state index is -0.687. The lowest BCUT2D eigenvalue weighted by molar-refractivity contribution is 0.249. The van der Waals surface area contributed by atoms with Crippen LogP contribution >= 0.6 is 12.6 Å². The zero-order chi connectivity index (χ0) is 9.68. The summed E-state index contributed by atoms with van der Waals surface area (Å²) >= 11 is 4.19. The highest BCUT2D eigenvalue weighted by Crippen LogP contribution is 2.09. The van der Waals surface area contributed by atoms with Crippen LogP contribution in [-0.2, 0) is 0 Å². The number of hydrazone groups is 1. The van der Waals surface area contributed by atoms with Crippen molar-refractivity contribution in [2.75, 3.05) is 0 Å². The number of thiol groups is 1. The Labute approximate surface area is 81.2 Å². The number of nitrogens with two attached hydrogens (primary N) is 1. The van der Waals surface area contributed by atoms with Crippen LogP contribution < -0.4 is 11.2 Å². The van der Waals surface area contributed by atoms with Crippen molar-refractivity contribution >= 4 is 24.9 Å². The van der Waals surface area contributed by atoms with Crippen molar-refractivity contribution in [3.8, 4) is 0 Å². The Hall–Kier alpha value is -1.49. The molecule has 0 atom stereocenters. The number of nitrogens with zero attached hydrogens (tertiary/aromatic N) is 1. The molecule has 0 unspecified atom stereocenters. The normalized spacial score (nSPS) is 10.2. The zero-order valence-electron chi connectivity index (χ0n) is 6.77. The van der Waals surface area contributed by atoms with Crippen molar-refractivity contribution in [3.05, 3.63) is 29.8 Å². The first kappa shape index (κ1) is 9.60. The second kappa shape index (κ2) is 4.51. The summed E-state index contributed by atoms with van der Waals surface area (Å²) in [7, 11) is 0. The first-order valence-electron chi connectivity index (χ1n) is 3.56. The number of benzene rings is 1. The van der Waals surface area contributed by atoms with Gasteiger partial charge in [0.05, 0.1) is 6.21 Å². The second-order valence-electron chi connectivity index (χ2n) is 2.29. The maximum absolute atomic E-state index is 10.3. The number of amides is 2. The number of primary amides is 1. The third kappa shape index (κ3) is 3.16. The second-order valence-corrected chi connectivity index (χ2v) is 2.77. The summed E-state index contributed by atoms with van der Waals surface area (Å²) in [6.45, 7) is 0. The average molecular weight is 195 g/mol. The SMILES string of the molecule is NC(=O)NN=Cc1ccccc1S. The van der Waals surface area contributed by atoms with Gasteiger partial charge in [-0.25, -0.2) is 10.2 Å². The molecule has 0 saturated heterocycles. The van der Waals surface area contributed by atoms with E-state index in [0.29, 0.717) is 0 Å². The van der Waals surface area contributed by atoms with Crippen LogP contribution in [0.3, 0.4) is 0 Å². The molecule has 0 radical (unpaired) electrons. The van der Waals surface area contributed by atoms with Crippen LogP contribution in [0.15, 0.2) is 34.3 Å². The molecule has 13 heavy (non-hydrogen) atoms. The smallest absolute Gasteiger partial charge is 0.332 e. The molecule has 2 amide bonds. The van der Waals surface area contributed by atoms with Crippen molar-refractivity contribution in [2.24, 2.45) is 10.8 Å². The number of carbonyl (C=O) groups is 1. The Morgan fingerprint density at radius 2 is 2.23 bits per heavy atom. The monoisotopic (exact) mass is 195 g/mol. The van der Waals surface area contributed by atoms with E-state index in [-0.39, 0.29) is 0 Å². The molecular formula is C8H9N3OS. The lowest BCUT2D eigenvalue weighted by Crippen LogP contribution is -2.24. The number of rotatable bonds is 2. The van der Waals surface area contributed by atoms with Gasteiger partial charge in [-0.15, -0.1) is 12.6 Å². The molecule has 1 aromatic rings. The van der Waals surface area contributed by atoms with Crippen LogP contribution in [0.25, 0.3) is 0 Å². The summed E-state index contributed by atoms with van der Waals surface area (Å²) in [4.78, 5) is 11.0. The van der Waals surface area contributed by atoms with E-state index < -0.39 is 6.03 Å². The molecule has 5 heteroatoms. The topological polar surface area (TPSA) is 67.5 Å². The fourth-order valence-corrected chi connectivity index (χ4v) is 0.980. The number of hydrogen-bond donors (Lipinski definition) is 3. The summed E-state index contributed by atoms with van der Waals surface area (Å²) in [5, 5.41) is 3.60. The molecule has 0 aliphatic rings. The van der Waals surface area contributed by atoms with Gasteiger partial charge in [-0.2, -0.15) is 5.10 Å². The van der Waals surface area contributed by atoms with Crippen LogP contribution in [-0.4, -0.2) is 12.2 Å². The first-order valence-corrected chi connectivity index (χ1v) is 4.01. The molecule has 1 rings (SSSR count). The highest BCUT2D eigenvalue weighted by atomic mass is 32.1. The molecule has 1 aromatic carbocycles. The van der Waals surface area contributed by atoms with Crippen molar-refractivity contribution in [2.45, 2.75) is 4.90 Å². The van der Waals surface area contributed by atoms with Crippen LogP contribution in [0.1, 0.15) is 5.56 Å². The van der Waals surface area contributed by atoms with Crippen LogP contribution in [0.4, 0.5) is 4.79 Å². The zero-order valence-corrected chi connectivity index (χ0v) is 7.66. The Kier molecular flexibility index (Phi) is 3.33. The van der Waals surface area contributed by atoms with Gasteiger partial charge in [-0.3, -0.25) is 0 Å². The average Bonchev–Trinajstić information content (AvgIpc) is 2.08. The quantitative estimate of drug-likeness (QED) is 0.367. The standard InChI is InChI=1S/C8H9N3OS/c9-8(12)11-10-5-6-3-1-2-4-7(6)13/h1-5,13H,(H3,9,11,12). The molecular weight excluding hydrogens is 186 g/mol. The van der Waals surface area contributed by atoms with Gasteiger partial charge < -0.3 is 5.73 Å². The van der Waals surface area contributed by atoms with Gasteiger partial charge in [-0.05, 0) is 6.07 Å². The van der Waals surface area contributed by atoms with Crippen molar-refractivity contribution in [1.82, 2.24) is 5.43 Å². The number of carbonyl (C=O) groups excluding carboxylic acids is 1. The third-order valence-corrected chi connectivity index (χ3v) is 1.72. The molecule has 68 valence electrons. The van der Waals surface area contributed by atoms with E-state index in [9.17, 15) is 4.79 Å². The Morgan fingerprint density at radius 1 is 1.54 bits per heavy atom. The first-order chi connectivity index (χ1) is 6.20. The van der Waals surface area contributed by atoms with Crippen LogP contribution in [0.5, 0.6) is 0 Å². The maximum atomic E-state index is 10.3. The fraction of sp³-hybridized carbons (Fsp3) is 0. The van der Waals surface area contributed by atoms with E-state index in [1.165, 1.54) is 6.21 Å². The molecule has 0 spiro atoms. The Bertz CT molecular complexity index is 338. The fourth-order valence-electron chi connectivity index (χ4n) is 0.762. The van der Waals surface area contributed by atoms with E-state index in [1.807, 2.05) is 24.3 Å². The highest BCUT2D eigenvalue weighted by molar-refractivity contribution is 7.80. The summed E-state index contributed by atoms with van der Waals surface area (Å²) < 4.78 is 0. The van der Waals surface area contributed by atoms with Crippen LogP contribution in [0.2, 0.25) is 0 Å². The minimum absolute atomic E-state index is 0.687. The van der Waals surface area contributed by atoms with Gasteiger partial charge >= 0.3 is 6.03 Å². The predicted molar refractivity (Wildman–Crippen MR) is 54.0 cm³/mol. The molecule has 3 N–H and O–H groups in total. The van der Waals surface area contributed by atoms with Crippen molar-refractivity contribution in [1.29, 1.82) is 0 Å². The molecule has 0 bridgehead atoms. The van der Waals surface area contributed by atoms with E-state index in [2.05, 4.69) is 23.2 Å². The van der Waals surface area contributed by atoms with Gasteiger partial charge in [-0.1, -0.05) is 18.2 Å². The van der Waals surface area contributed by atoms with E-state index >= 15 is 0 Å². The van der Waals surface area contributed by atoms with Crippen molar-refractivity contribution in [3.63, 3.8) is 0 Å². The molecule has 0 fully saturated rings. The number of nitrogens with one attached hydrogen (secondary N) is 1. The molecule has 0 aliphatic carbocycles. The van der Waals surface area contributed by atoms with Gasteiger partial charge in [0.2, 0.25) is 0 Å². The Balaban J connectivity index is 2.68. The van der Waals surface area contributed by atoms with Gasteiger partial charge in [0.15, 0.2) is 0 Å². The molecule has 0 saturated carbocycles. The maximum Gasteiger partial charge on any atom is 0.332 e. The van der Waals surface area contributed by atoms with Gasteiger partial charge in [0.1, 0.15) is 0 Å². The third-order valence-electron chi connectivity index (χ3n) is 1.32. The number of urea groups is 1. The minimum Gasteiger partial charge on any atom is -0.350 e. The largest absolute Gasteiger partial charge is 0.350 e. The lowest BCUT2D eigenvalue weighted by Gasteiger charge is -1.96. The molecule has 0 heterocycles. The predicted octanol–water partition coefficient (Wildman–Crippen LogP) is 0.977. The van der Waals surface area contributed by atoms with Crippen LogP contribution in [0, 0.1) is 0 Å². The van der Waals surface area contributed by atoms with E-state index in [4.69, 9.17) is 5.73 Å². The van der Waals surface area contributed by atoms with Gasteiger partial charge in [0.25, 0.3) is 0 Å². The van der Waals surface area contributed by atoms with E-state index in [1.54, 1.807) is 0 Å². The summed E-state index contributed by atoms with van der Waals surface area (Å²) in [5.74, 6) is 0. The Morgan fingerprint density at radius 3 is 2.85 bits per heavy atom. The summed E-state index contributed by atoms with van der Waals surface area (Å²) in [6, 6.07) is 6.68. The van der Waals surface area contributed by atoms with Gasteiger partial charge in [0, 0.05) is 10.5 Å². The molecule has 4 nitrogen and oxygen atoms in total. The van der Waals surface area contributed by atoms with E-state index in [0.717, 1.165) is 10.5 Å². The summed E-state index contributed by atoms with van der Waals surface area (Å²) in [5.41, 5.74) is 7.73. The molecule has 0 aliphatic heterocycles. The number of hydrogen-bond acceptors (Lipinski definition) is 3. The summed E-state index contributed by atoms with van der Waals surface area (Å²) in [6.07, 6.45) is 1.48. The lowest BCUT2D eigenvalue weighted by atomic mass is 10.2.